The first kappa shape index (κ1) is 14.0. The van der Waals surface area contributed by atoms with Crippen molar-refractivity contribution in [2.75, 3.05) is 11.5 Å². The molecule has 0 radical (unpaired) electrons. The van der Waals surface area contributed by atoms with Crippen LogP contribution in [-0.4, -0.2) is 21.5 Å². The van der Waals surface area contributed by atoms with Crippen LogP contribution in [0.5, 0.6) is 0 Å². The molecule has 17 heavy (non-hydrogen) atoms. The van der Waals surface area contributed by atoms with Gasteiger partial charge in [-0.25, -0.2) is 8.78 Å². The van der Waals surface area contributed by atoms with E-state index in [0.717, 1.165) is 12.1 Å². The first-order chi connectivity index (χ1) is 7.90. The van der Waals surface area contributed by atoms with Crippen LogP contribution in [0.25, 0.3) is 0 Å². The van der Waals surface area contributed by atoms with E-state index >= 15 is 0 Å². The fourth-order valence-corrected chi connectivity index (χ4v) is 2.65. The largest absolute Gasteiger partial charge is 0.293 e. The molecule has 0 N–H and O–H groups in total. The Hall–Kier alpha value is -1.10. The van der Waals surface area contributed by atoms with E-state index in [-0.39, 0.29) is 17.2 Å². The summed E-state index contributed by atoms with van der Waals surface area (Å²) in [7, 11) is -1.26. The number of carbonyl (C=O) groups excluding carboxylic acids is 1. The third-order valence-electron chi connectivity index (χ3n) is 2.05. The predicted octanol–water partition coefficient (Wildman–Crippen LogP) is 2.55. The number of hydrogen-bond acceptors (Lipinski definition) is 2. The van der Waals surface area contributed by atoms with Gasteiger partial charge in [-0.3, -0.25) is 9.00 Å². The van der Waals surface area contributed by atoms with Gasteiger partial charge in [0.1, 0.15) is 0 Å². The van der Waals surface area contributed by atoms with Gasteiger partial charge in [0.15, 0.2) is 17.4 Å². The van der Waals surface area contributed by atoms with Crippen LogP contribution in [0.15, 0.2) is 18.2 Å². The average Bonchev–Trinajstić information content (AvgIpc) is 2.20. The van der Waals surface area contributed by atoms with E-state index in [4.69, 9.17) is 0 Å². The molecule has 1 rings (SSSR count). The topological polar surface area (TPSA) is 34.1 Å². The summed E-state index contributed by atoms with van der Waals surface area (Å²) < 4.78 is 37.0. The van der Waals surface area contributed by atoms with Gasteiger partial charge >= 0.3 is 0 Å². The van der Waals surface area contributed by atoms with E-state index in [2.05, 4.69) is 0 Å². The van der Waals surface area contributed by atoms with Gasteiger partial charge in [0.2, 0.25) is 0 Å². The van der Waals surface area contributed by atoms with Crippen molar-refractivity contribution in [1.82, 2.24) is 0 Å². The van der Waals surface area contributed by atoms with Gasteiger partial charge in [-0.1, -0.05) is 13.8 Å². The maximum atomic E-state index is 12.9. The molecule has 1 unspecified atom stereocenters. The Balaban J connectivity index is 2.70. The smallest absolute Gasteiger partial charge is 0.175 e. The van der Waals surface area contributed by atoms with Gasteiger partial charge in [0, 0.05) is 22.1 Å². The van der Waals surface area contributed by atoms with Crippen LogP contribution in [0.2, 0.25) is 0 Å². The lowest BCUT2D eigenvalue weighted by Gasteiger charge is -2.05. The summed E-state index contributed by atoms with van der Waals surface area (Å²) in [5.74, 6) is -1.98. The average molecular weight is 260 g/mol. The molecule has 0 saturated heterocycles. The van der Waals surface area contributed by atoms with Crippen LogP contribution in [0.1, 0.15) is 24.2 Å². The highest BCUT2D eigenvalue weighted by atomic mass is 32.2. The molecule has 0 aliphatic rings. The van der Waals surface area contributed by atoms with E-state index in [1.54, 1.807) is 0 Å². The molecule has 0 fully saturated rings. The number of benzene rings is 1. The molecule has 0 aliphatic heterocycles. The minimum absolute atomic E-state index is 0.0565. The second-order valence-corrected chi connectivity index (χ2v) is 5.70. The lowest BCUT2D eigenvalue weighted by molar-refractivity contribution is 0.102. The maximum Gasteiger partial charge on any atom is 0.175 e. The normalized spacial score (nSPS) is 12.8. The molecule has 0 amide bonds. The lowest BCUT2D eigenvalue weighted by atomic mass is 10.1. The van der Waals surface area contributed by atoms with Crippen molar-refractivity contribution in [2.24, 2.45) is 5.92 Å². The molecule has 5 heteroatoms. The molecule has 0 heterocycles. The highest BCUT2D eigenvalue weighted by Crippen LogP contribution is 2.10. The molecule has 94 valence electrons. The van der Waals surface area contributed by atoms with E-state index < -0.39 is 28.2 Å². The number of halogens is 2. The van der Waals surface area contributed by atoms with E-state index in [1.807, 2.05) is 13.8 Å². The van der Waals surface area contributed by atoms with Crippen LogP contribution in [-0.2, 0) is 10.8 Å². The van der Waals surface area contributed by atoms with Crippen molar-refractivity contribution in [2.45, 2.75) is 13.8 Å². The highest BCUT2D eigenvalue weighted by Gasteiger charge is 2.13. The quantitative estimate of drug-likeness (QED) is 0.762. The van der Waals surface area contributed by atoms with Gasteiger partial charge < -0.3 is 0 Å². The molecule has 0 bridgehead atoms. The second-order valence-electron chi connectivity index (χ2n) is 4.20. The maximum absolute atomic E-state index is 12.9. The summed E-state index contributed by atoms with van der Waals surface area (Å²) in [6.45, 7) is 3.81. The summed E-state index contributed by atoms with van der Waals surface area (Å²) in [4.78, 5) is 11.6. The monoisotopic (exact) mass is 260 g/mol. The summed E-state index contributed by atoms with van der Waals surface area (Å²) in [6, 6.07) is 2.94. The molecule has 0 aliphatic carbocycles. The fraction of sp³-hybridized carbons (Fsp3) is 0.417. The molecule has 0 saturated carbocycles. The number of ketones is 1. The number of rotatable bonds is 5. The Kier molecular flexibility index (Phi) is 4.93. The zero-order valence-corrected chi connectivity index (χ0v) is 10.5. The Morgan fingerprint density at radius 3 is 2.47 bits per heavy atom. The molecular formula is C12H14F2O2S. The third-order valence-corrected chi connectivity index (χ3v) is 3.68. The number of carbonyl (C=O) groups is 1. The number of hydrogen-bond donors (Lipinski definition) is 0. The molecular weight excluding hydrogens is 246 g/mol. The Labute approximate surface area is 101 Å². The van der Waals surface area contributed by atoms with E-state index in [0.29, 0.717) is 5.75 Å². The highest BCUT2D eigenvalue weighted by molar-refractivity contribution is 7.85. The van der Waals surface area contributed by atoms with Crippen molar-refractivity contribution < 1.29 is 17.8 Å². The minimum atomic E-state index is -1.26. The van der Waals surface area contributed by atoms with Crippen LogP contribution in [0.4, 0.5) is 8.78 Å². The molecule has 1 aromatic carbocycles. The summed E-state index contributed by atoms with van der Waals surface area (Å²) in [5, 5.41) is 0. The van der Waals surface area contributed by atoms with Crippen LogP contribution < -0.4 is 0 Å². The molecule has 0 spiro atoms. The van der Waals surface area contributed by atoms with Gasteiger partial charge in [-0.2, -0.15) is 0 Å². The molecule has 1 atom stereocenters. The van der Waals surface area contributed by atoms with E-state index in [1.165, 1.54) is 6.07 Å². The lowest BCUT2D eigenvalue weighted by Crippen LogP contribution is -2.16. The Bertz CT molecular complexity index is 444. The van der Waals surface area contributed by atoms with E-state index in [9.17, 15) is 17.8 Å². The van der Waals surface area contributed by atoms with Crippen molar-refractivity contribution in [3.63, 3.8) is 0 Å². The van der Waals surface area contributed by atoms with Crippen LogP contribution in [0.3, 0.4) is 0 Å². The summed E-state index contributed by atoms with van der Waals surface area (Å²) in [5.41, 5.74) is 0.0565. The van der Waals surface area contributed by atoms with Gasteiger partial charge in [-0.05, 0) is 24.1 Å². The van der Waals surface area contributed by atoms with Crippen LogP contribution in [0, 0.1) is 17.6 Å². The zero-order chi connectivity index (χ0) is 13.0. The van der Waals surface area contributed by atoms with Crippen molar-refractivity contribution in [1.29, 1.82) is 0 Å². The van der Waals surface area contributed by atoms with Crippen molar-refractivity contribution in [3.8, 4) is 0 Å². The number of Topliss-reactive ketones (excluding diaryl/α,β-unsaturated/α-hetero) is 1. The van der Waals surface area contributed by atoms with Crippen molar-refractivity contribution in [3.05, 3.63) is 35.4 Å². The first-order valence-electron chi connectivity index (χ1n) is 5.23. The first-order valence-corrected chi connectivity index (χ1v) is 6.72. The van der Waals surface area contributed by atoms with Crippen LogP contribution >= 0.6 is 0 Å². The van der Waals surface area contributed by atoms with Gasteiger partial charge in [0.05, 0.1) is 5.75 Å². The Morgan fingerprint density at radius 1 is 1.29 bits per heavy atom. The SMILES string of the molecule is CC(C)CS(=O)CC(=O)c1ccc(F)c(F)c1. The van der Waals surface area contributed by atoms with Crippen molar-refractivity contribution >= 4 is 16.6 Å². The molecule has 1 aromatic rings. The standard InChI is InChI=1S/C12H14F2O2S/c1-8(2)6-17(16)7-12(15)9-3-4-10(13)11(14)5-9/h3-5,8H,6-7H2,1-2H3. The minimum Gasteiger partial charge on any atom is -0.293 e. The summed E-state index contributed by atoms with van der Waals surface area (Å²) >= 11 is 0. The van der Waals surface area contributed by atoms with Gasteiger partial charge in [0.25, 0.3) is 0 Å². The zero-order valence-electron chi connectivity index (χ0n) is 9.70. The van der Waals surface area contributed by atoms with Gasteiger partial charge in [-0.15, -0.1) is 0 Å². The predicted molar refractivity (Wildman–Crippen MR) is 63.4 cm³/mol. The summed E-state index contributed by atoms with van der Waals surface area (Å²) in [6.07, 6.45) is 0. The fourth-order valence-electron chi connectivity index (χ4n) is 1.33. The Morgan fingerprint density at radius 2 is 1.94 bits per heavy atom. The molecule has 0 aromatic heterocycles. The molecule has 2 nitrogen and oxygen atoms in total. The third kappa shape index (κ3) is 4.34. The second kappa shape index (κ2) is 6.00.